The van der Waals surface area contributed by atoms with Crippen LogP contribution in [-0.4, -0.2) is 17.6 Å². The molecule has 1 atom stereocenters. The molecule has 1 aromatic carbocycles. The molecule has 0 aliphatic rings. The van der Waals surface area contributed by atoms with Crippen molar-refractivity contribution < 1.29 is 14.7 Å². The minimum atomic E-state index is -0.902. The number of hydrogen-bond acceptors (Lipinski definition) is 4. The second kappa shape index (κ2) is 6.47. The van der Waals surface area contributed by atoms with Gasteiger partial charge in [-0.05, 0) is 5.56 Å². The van der Waals surface area contributed by atoms with Gasteiger partial charge in [-0.25, -0.2) is 0 Å². The van der Waals surface area contributed by atoms with Crippen LogP contribution in [0.1, 0.15) is 12.5 Å². The van der Waals surface area contributed by atoms with Crippen LogP contribution in [0.5, 0.6) is 0 Å². The van der Waals surface area contributed by atoms with E-state index < -0.39 is 11.0 Å². The SMILES string of the molecule is CC(CO[N+](=O)[O-])C(=O)NCc1ccccc1. The van der Waals surface area contributed by atoms with Crippen LogP contribution in [-0.2, 0) is 16.2 Å². The van der Waals surface area contributed by atoms with Crippen LogP contribution in [0.15, 0.2) is 30.3 Å². The second-order valence-corrected chi connectivity index (χ2v) is 3.62. The summed E-state index contributed by atoms with van der Waals surface area (Å²) >= 11 is 0. The molecule has 6 heteroatoms. The summed E-state index contributed by atoms with van der Waals surface area (Å²) in [6, 6.07) is 9.41. The molecule has 1 unspecified atom stereocenters. The largest absolute Gasteiger partial charge is 0.352 e. The van der Waals surface area contributed by atoms with Crippen LogP contribution < -0.4 is 5.32 Å². The van der Waals surface area contributed by atoms with Crippen molar-refractivity contribution in [3.8, 4) is 0 Å². The highest BCUT2D eigenvalue weighted by Gasteiger charge is 2.14. The fourth-order valence-electron chi connectivity index (χ4n) is 1.21. The third-order valence-corrected chi connectivity index (χ3v) is 2.19. The molecular formula is C11H14N2O4. The third-order valence-electron chi connectivity index (χ3n) is 2.19. The first-order valence-corrected chi connectivity index (χ1v) is 5.18. The predicted octanol–water partition coefficient (Wildman–Crippen LogP) is 1.15. The molecular weight excluding hydrogens is 224 g/mol. The fraction of sp³-hybridized carbons (Fsp3) is 0.364. The maximum absolute atomic E-state index is 11.5. The number of rotatable bonds is 6. The highest BCUT2D eigenvalue weighted by molar-refractivity contribution is 5.78. The maximum atomic E-state index is 11.5. The van der Waals surface area contributed by atoms with Crippen LogP contribution in [0.2, 0.25) is 0 Å². The van der Waals surface area contributed by atoms with Crippen LogP contribution in [0.25, 0.3) is 0 Å². The quantitative estimate of drug-likeness (QED) is 0.595. The molecule has 0 spiro atoms. The molecule has 0 radical (unpaired) electrons. The van der Waals surface area contributed by atoms with Gasteiger partial charge in [0.05, 0.1) is 5.92 Å². The van der Waals surface area contributed by atoms with E-state index in [-0.39, 0.29) is 12.5 Å². The average Bonchev–Trinajstić information content (AvgIpc) is 2.34. The Balaban J connectivity index is 2.32. The minimum Gasteiger partial charge on any atom is -0.352 e. The standard InChI is InChI=1S/C11H14N2O4/c1-9(8-17-13(15)16)11(14)12-7-10-5-3-2-4-6-10/h2-6,9H,7-8H2,1H3,(H,12,14). The summed E-state index contributed by atoms with van der Waals surface area (Å²) in [5.41, 5.74) is 0.975. The van der Waals surface area contributed by atoms with Crippen molar-refractivity contribution in [2.75, 3.05) is 6.61 Å². The van der Waals surface area contributed by atoms with Gasteiger partial charge < -0.3 is 10.2 Å². The summed E-state index contributed by atoms with van der Waals surface area (Å²) in [4.78, 5) is 25.6. The highest BCUT2D eigenvalue weighted by Crippen LogP contribution is 2.00. The lowest BCUT2D eigenvalue weighted by atomic mass is 10.1. The Bertz CT molecular complexity index is 380. The number of carbonyl (C=O) groups excluding carboxylic acids is 1. The van der Waals surface area contributed by atoms with Crippen molar-refractivity contribution in [3.05, 3.63) is 46.0 Å². The van der Waals surface area contributed by atoms with Gasteiger partial charge in [-0.3, -0.25) is 4.79 Å². The molecule has 92 valence electrons. The predicted molar refractivity (Wildman–Crippen MR) is 60.4 cm³/mol. The molecule has 0 heterocycles. The van der Waals surface area contributed by atoms with Crippen LogP contribution in [0.4, 0.5) is 0 Å². The summed E-state index contributed by atoms with van der Waals surface area (Å²) in [5, 5.41) is 11.7. The van der Waals surface area contributed by atoms with Crippen molar-refractivity contribution >= 4 is 5.91 Å². The summed E-state index contributed by atoms with van der Waals surface area (Å²) in [7, 11) is 0. The van der Waals surface area contributed by atoms with E-state index in [0.717, 1.165) is 5.56 Å². The summed E-state index contributed by atoms with van der Waals surface area (Å²) in [6.07, 6.45) is 0. The molecule has 17 heavy (non-hydrogen) atoms. The Morgan fingerprint density at radius 3 is 2.71 bits per heavy atom. The van der Waals surface area contributed by atoms with Gasteiger partial charge in [0.25, 0.3) is 5.09 Å². The molecule has 1 amide bonds. The Kier molecular flexibility index (Phi) is 4.93. The first-order valence-electron chi connectivity index (χ1n) is 5.18. The van der Waals surface area contributed by atoms with E-state index in [1.54, 1.807) is 6.92 Å². The molecule has 1 N–H and O–H groups in total. The van der Waals surface area contributed by atoms with Crippen molar-refractivity contribution in [3.63, 3.8) is 0 Å². The van der Waals surface area contributed by atoms with Crippen LogP contribution in [0.3, 0.4) is 0 Å². The molecule has 6 nitrogen and oxygen atoms in total. The van der Waals surface area contributed by atoms with Gasteiger partial charge >= 0.3 is 0 Å². The maximum Gasteiger partial charge on any atom is 0.294 e. The van der Waals surface area contributed by atoms with Gasteiger partial charge in [0.2, 0.25) is 5.91 Å². The van der Waals surface area contributed by atoms with E-state index in [1.807, 2.05) is 30.3 Å². The number of benzene rings is 1. The van der Waals surface area contributed by atoms with Gasteiger partial charge in [-0.1, -0.05) is 37.3 Å². The molecule has 1 rings (SSSR count). The normalized spacial score (nSPS) is 11.6. The number of hydrogen-bond donors (Lipinski definition) is 1. The third kappa shape index (κ3) is 4.96. The van der Waals surface area contributed by atoms with E-state index in [1.165, 1.54) is 0 Å². The molecule has 0 aliphatic carbocycles. The van der Waals surface area contributed by atoms with Crippen molar-refractivity contribution in [2.45, 2.75) is 13.5 Å². The number of nitrogens with zero attached hydrogens (tertiary/aromatic N) is 1. The zero-order valence-electron chi connectivity index (χ0n) is 9.46. The first-order chi connectivity index (χ1) is 8.09. The van der Waals surface area contributed by atoms with Crippen molar-refractivity contribution in [1.29, 1.82) is 0 Å². The molecule has 1 aromatic rings. The number of amides is 1. The molecule has 0 aromatic heterocycles. The van der Waals surface area contributed by atoms with Gasteiger partial charge in [-0.15, -0.1) is 10.1 Å². The van der Waals surface area contributed by atoms with Gasteiger partial charge in [0.15, 0.2) is 0 Å². The Morgan fingerprint density at radius 2 is 2.12 bits per heavy atom. The Morgan fingerprint density at radius 1 is 1.47 bits per heavy atom. The van der Waals surface area contributed by atoms with E-state index in [4.69, 9.17) is 0 Å². The summed E-state index contributed by atoms with van der Waals surface area (Å²) < 4.78 is 0. The van der Waals surface area contributed by atoms with Crippen molar-refractivity contribution in [1.82, 2.24) is 5.32 Å². The fourth-order valence-corrected chi connectivity index (χ4v) is 1.21. The van der Waals surface area contributed by atoms with Crippen LogP contribution in [0, 0.1) is 16.0 Å². The zero-order chi connectivity index (χ0) is 12.7. The minimum absolute atomic E-state index is 0.229. The monoisotopic (exact) mass is 238 g/mol. The smallest absolute Gasteiger partial charge is 0.294 e. The lowest BCUT2D eigenvalue weighted by Gasteiger charge is -2.10. The second-order valence-electron chi connectivity index (χ2n) is 3.62. The summed E-state index contributed by atoms with van der Waals surface area (Å²) in [5.74, 6) is -0.820. The Labute approximate surface area is 98.7 Å². The lowest BCUT2D eigenvalue weighted by molar-refractivity contribution is -0.758. The molecule has 0 fully saturated rings. The van der Waals surface area contributed by atoms with Crippen LogP contribution >= 0.6 is 0 Å². The van der Waals surface area contributed by atoms with Gasteiger partial charge in [-0.2, -0.15) is 0 Å². The average molecular weight is 238 g/mol. The van der Waals surface area contributed by atoms with Crippen molar-refractivity contribution in [2.24, 2.45) is 5.92 Å². The highest BCUT2D eigenvalue weighted by atomic mass is 16.9. The first kappa shape index (κ1) is 13.0. The van der Waals surface area contributed by atoms with Gasteiger partial charge in [0.1, 0.15) is 6.61 Å². The zero-order valence-corrected chi connectivity index (χ0v) is 9.46. The summed E-state index contributed by atoms with van der Waals surface area (Å²) in [6.45, 7) is 1.75. The lowest BCUT2D eigenvalue weighted by Crippen LogP contribution is -2.31. The van der Waals surface area contributed by atoms with E-state index in [9.17, 15) is 14.9 Å². The molecule has 0 bridgehead atoms. The Hall–Kier alpha value is -2.11. The topological polar surface area (TPSA) is 81.5 Å². The number of carbonyl (C=O) groups is 1. The van der Waals surface area contributed by atoms with E-state index in [0.29, 0.717) is 6.54 Å². The van der Waals surface area contributed by atoms with Gasteiger partial charge in [0, 0.05) is 6.54 Å². The van der Waals surface area contributed by atoms with E-state index in [2.05, 4.69) is 10.2 Å². The van der Waals surface area contributed by atoms with E-state index >= 15 is 0 Å². The molecule has 0 aliphatic heterocycles. The molecule has 0 saturated carbocycles. The molecule has 0 saturated heterocycles. The number of nitrogens with one attached hydrogen (secondary N) is 1.